The van der Waals surface area contributed by atoms with Crippen molar-refractivity contribution in [2.75, 3.05) is 0 Å². The summed E-state index contributed by atoms with van der Waals surface area (Å²) < 4.78 is 64.9. The number of halogens is 3. The first-order valence-corrected chi connectivity index (χ1v) is 9.44. The van der Waals surface area contributed by atoms with Crippen molar-refractivity contribution in [3.63, 3.8) is 0 Å². The Morgan fingerprint density at radius 1 is 0.741 bits per heavy atom. The molecule has 4 rings (SSSR count). The quantitative estimate of drug-likeness (QED) is 0.251. The van der Waals surface area contributed by atoms with Crippen LogP contribution in [-0.4, -0.2) is 13.9 Å². The van der Waals surface area contributed by atoms with Gasteiger partial charge in [-0.3, -0.25) is 0 Å². The van der Waals surface area contributed by atoms with Crippen molar-refractivity contribution in [2.45, 2.75) is 12.4 Å². The van der Waals surface area contributed by atoms with Crippen molar-refractivity contribution >= 4 is 42.4 Å². The van der Waals surface area contributed by atoms with E-state index in [9.17, 15) is 21.6 Å². The van der Waals surface area contributed by atoms with E-state index >= 15 is 0 Å². The third kappa shape index (κ3) is 2.88. The van der Waals surface area contributed by atoms with Gasteiger partial charge in [0, 0.05) is 0 Å². The van der Waals surface area contributed by atoms with E-state index in [4.69, 9.17) is 0 Å². The second-order valence-electron chi connectivity index (χ2n) is 6.29. The molecule has 0 aromatic heterocycles. The van der Waals surface area contributed by atoms with Crippen molar-refractivity contribution in [3.05, 3.63) is 66.2 Å². The lowest BCUT2D eigenvalue weighted by atomic mass is 9.93. The fourth-order valence-electron chi connectivity index (χ4n) is 3.28. The largest absolute Gasteiger partial charge is 0.534 e. The topological polar surface area (TPSA) is 43.4 Å². The Hall–Kier alpha value is -2.80. The van der Waals surface area contributed by atoms with E-state index in [1.165, 1.54) is 12.1 Å². The molecule has 0 bridgehead atoms. The van der Waals surface area contributed by atoms with Crippen LogP contribution in [0.1, 0.15) is 5.56 Å². The van der Waals surface area contributed by atoms with Crippen molar-refractivity contribution in [1.82, 2.24) is 0 Å². The Balaban J connectivity index is 2.05. The Morgan fingerprint density at radius 2 is 1.26 bits per heavy atom. The van der Waals surface area contributed by atoms with E-state index in [1.807, 2.05) is 49.4 Å². The molecule has 0 fully saturated rings. The lowest BCUT2D eigenvalue weighted by Gasteiger charge is -2.13. The lowest BCUT2D eigenvalue weighted by Crippen LogP contribution is -2.28. The molecule has 0 saturated carbocycles. The van der Waals surface area contributed by atoms with Crippen LogP contribution in [-0.2, 0) is 10.1 Å². The van der Waals surface area contributed by atoms with E-state index in [0.29, 0.717) is 5.39 Å². The molecule has 0 spiro atoms. The highest BCUT2D eigenvalue weighted by Crippen LogP contribution is 2.38. The third-order valence-corrected chi connectivity index (χ3v) is 5.43. The van der Waals surface area contributed by atoms with E-state index in [0.717, 1.165) is 32.5 Å². The van der Waals surface area contributed by atoms with Gasteiger partial charge in [0.15, 0.2) is 0 Å². The SMILES string of the molecule is Cc1ccc2c3ccccc3c3ccc(OS(=O)(=O)C(F)(F)F)cc3c2c1. The first kappa shape index (κ1) is 17.6. The zero-order valence-corrected chi connectivity index (χ0v) is 14.9. The molecule has 138 valence electrons. The number of hydrogen-bond acceptors (Lipinski definition) is 3. The molecule has 3 nitrogen and oxygen atoms in total. The van der Waals surface area contributed by atoms with Gasteiger partial charge in [0.05, 0.1) is 0 Å². The molecule has 27 heavy (non-hydrogen) atoms. The van der Waals surface area contributed by atoms with Gasteiger partial charge in [-0.05, 0) is 57.4 Å². The second kappa shape index (κ2) is 5.85. The first-order chi connectivity index (χ1) is 12.7. The van der Waals surface area contributed by atoms with Crippen LogP contribution < -0.4 is 4.18 Å². The van der Waals surface area contributed by atoms with Gasteiger partial charge < -0.3 is 4.18 Å². The summed E-state index contributed by atoms with van der Waals surface area (Å²) in [4.78, 5) is 0. The highest BCUT2D eigenvalue weighted by atomic mass is 32.2. The van der Waals surface area contributed by atoms with Gasteiger partial charge >= 0.3 is 15.6 Å². The Kier molecular flexibility index (Phi) is 3.82. The zero-order valence-electron chi connectivity index (χ0n) is 14.0. The molecule has 4 aromatic rings. The standard InChI is InChI=1S/C20H13F3O3S/c1-12-6-8-16-14-4-2-3-5-15(14)17-9-7-13(11-19(17)18(16)10-12)26-27(24,25)20(21,22)23/h2-11H,1H3. The zero-order chi connectivity index (χ0) is 19.4. The molecule has 7 heteroatoms. The average Bonchev–Trinajstić information content (AvgIpc) is 2.60. The molecule has 0 N–H and O–H groups in total. The van der Waals surface area contributed by atoms with E-state index in [1.54, 1.807) is 6.07 Å². The van der Waals surface area contributed by atoms with Crippen molar-refractivity contribution in [2.24, 2.45) is 0 Å². The fourth-order valence-corrected chi connectivity index (χ4v) is 3.73. The van der Waals surface area contributed by atoms with Crippen molar-refractivity contribution < 1.29 is 25.8 Å². The van der Waals surface area contributed by atoms with Crippen LogP contribution in [0.4, 0.5) is 13.2 Å². The monoisotopic (exact) mass is 390 g/mol. The fraction of sp³-hybridized carbons (Fsp3) is 0.100. The maximum absolute atomic E-state index is 12.6. The minimum atomic E-state index is -5.72. The average molecular weight is 390 g/mol. The number of aryl methyl sites for hydroxylation is 1. The van der Waals surface area contributed by atoms with Crippen molar-refractivity contribution in [1.29, 1.82) is 0 Å². The van der Waals surface area contributed by atoms with Crippen LogP contribution in [0, 0.1) is 6.92 Å². The van der Waals surface area contributed by atoms with Gasteiger partial charge in [-0.2, -0.15) is 21.6 Å². The Morgan fingerprint density at radius 3 is 1.85 bits per heavy atom. The highest BCUT2D eigenvalue weighted by Gasteiger charge is 2.48. The number of hydrogen-bond donors (Lipinski definition) is 0. The maximum Gasteiger partial charge on any atom is 0.534 e. The smallest absolute Gasteiger partial charge is 0.376 e. The summed E-state index contributed by atoms with van der Waals surface area (Å²) in [7, 11) is -5.72. The van der Waals surface area contributed by atoms with Gasteiger partial charge in [-0.1, -0.05) is 48.0 Å². The summed E-state index contributed by atoms with van der Waals surface area (Å²) in [6.45, 7) is 1.91. The minimum absolute atomic E-state index is 0.377. The van der Waals surface area contributed by atoms with Crippen LogP contribution in [0.2, 0.25) is 0 Å². The van der Waals surface area contributed by atoms with Crippen molar-refractivity contribution in [3.8, 4) is 5.75 Å². The maximum atomic E-state index is 12.6. The van der Waals surface area contributed by atoms with E-state index in [-0.39, 0.29) is 5.75 Å². The second-order valence-corrected chi connectivity index (χ2v) is 7.82. The first-order valence-electron chi connectivity index (χ1n) is 8.03. The number of alkyl halides is 3. The number of benzene rings is 4. The van der Waals surface area contributed by atoms with Gasteiger partial charge in [0.1, 0.15) is 5.75 Å². The van der Waals surface area contributed by atoms with Gasteiger partial charge in [0.2, 0.25) is 0 Å². The Labute approximate surface area is 153 Å². The summed E-state index contributed by atoms with van der Waals surface area (Å²) in [5.74, 6) is -0.377. The van der Waals surface area contributed by atoms with E-state index < -0.39 is 15.6 Å². The molecule has 0 saturated heterocycles. The molecular weight excluding hydrogens is 377 g/mol. The van der Waals surface area contributed by atoms with Crippen LogP contribution in [0.5, 0.6) is 5.75 Å². The third-order valence-electron chi connectivity index (χ3n) is 4.45. The molecule has 0 amide bonds. The van der Waals surface area contributed by atoms with Gasteiger partial charge in [-0.15, -0.1) is 0 Å². The Bertz CT molecular complexity index is 1310. The van der Waals surface area contributed by atoms with Crippen LogP contribution in [0.15, 0.2) is 60.7 Å². The molecule has 4 aromatic carbocycles. The molecule has 0 aliphatic carbocycles. The minimum Gasteiger partial charge on any atom is -0.376 e. The van der Waals surface area contributed by atoms with Gasteiger partial charge in [-0.25, -0.2) is 0 Å². The highest BCUT2D eigenvalue weighted by molar-refractivity contribution is 7.88. The van der Waals surface area contributed by atoms with Crippen LogP contribution >= 0.6 is 0 Å². The predicted molar refractivity (Wildman–Crippen MR) is 99.3 cm³/mol. The summed E-state index contributed by atoms with van der Waals surface area (Å²) in [6.07, 6.45) is 0. The van der Waals surface area contributed by atoms with Gasteiger partial charge in [0.25, 0.3) is 0 Å². The molecule has 0 atom stereocenters. The molecule has 0 unspecified atom stereocenters. The summed E-state index contributed by atoms with van der Waals surface area (Å²) in [5, 5.41) is 5.12. The summed E-state index contributed by atoms with van der Waals surface area (Å²) in [6, 6.07) is 17.7. The summed E-state index contributed by atoms with van der Waals surface area (Å²) >= 11 is 0. The number of fused-ring (bicyclic) bond motifs is 6. The van der Waals surface area contributed by atoms with Crippen LogP contribution in [0.3, 0.4) is 0 Å². The lowest BCUT2D eigenvalue weighted by molar-refractivity contribution is -0.0500. The molecule has 0 heterocycles. The molecule has 0 aliphatic heterocycles. The normalized spacial score (nSPS) is 12.7. The molecular formula is C20H13F3O3S. The molecule has 0 aliphatic rings. The number of rotatable bonds is 2. The molecule has 0 radical (unpaired) electrons. The van der Waals surface area contributed by atoms with Crippen LogP contribution in [0.25, 0.3) is 32.3 Å². The van der Waals surface area contributed by atoms with E-state index in [2.05, 4.69) is 4.18 Å². The summed E-state index contributed by atoms with van der Waals surface area (Å²) in [5.41, 5.74) is -4.50. The predicted octanol–water partition coefficient (Wildman–Crippen LogP) is 5.68.